The van der Waals surface area contributed by atoms with E-state index in [9.17, 15) is 5.21 Å². The molecule has 1 aliphatic rings. The summed E-state index contributed by atoms with van der Waals surface area (Å²) in [5.74, 6) is 0.604. The molecule has 48 valence electrons. The van der Waals surface area contributed by atoms with E-state index in [0.29, 0.717) is 12.0 Å². The molecule has 0 aromatic carbocycles. The fraction of sp³-hybridized carbons (Fsp3) is 1.00. The van der Waals surface area contributed by atoms with Crippen molar-refractivity contribution < 1.29 is 0 Å². The molecular formula is C6H12NO-. The van der Waals surface area contributed by atoms with Crippen LogP contribution in [0.5, 0.6) is 0 Å². The Morgan fingerprint density at radius 1 is 1.88 bits per heavy atom. The lowest BCUT2D eigenvalue weighted by Crippen LogP contribution is -2.04. The zero-order valence-corrected chi connectivity index (χ0v) is 5.42. The van der Waals surface area contributed by atoms with Gasteiger partial charge in [0, 0.05) is 12.6 Å². The zero-order valence-electron chi connectivity index (χ0n) is 5.42. The highest BCUT2D eigenvalue weighted by molar-refractivity contribution is 4.92. The lowest BCUT2D eigenvalue weighted by molar-refractivity contribution is 0.485. The average Bonchev–Trinajstić information content (AvgIpc) is 2.45. The monoisotopic (exact) mass is 114 g/mol. The van der Waals surface area contributed by atoms with Crippen molar-refractivity contribution >= 4 is 0 Å². The first-order chi connectivity index (χ1) is 3.75. The Bertz CT molecular complexity index is 82.6. The van der Waals surface area contributed by atoms with Crippen molar-refractivity contribution in [3.8, 4) is 0 Å². The first-order valence-corrected chi connectivity index (χ1v) is 3.19. The van der Waals surface area contributed by atoms with Gasteiger partial charge in [-0.25, -0.2) is 0 Å². The van der Waals surface area contributed by atoms with Gasteiger partial charge in [0.1, 0.15) is 0 Å². The highest BCUT2D eigenvalue weighted by Gasteiger charge is 2.28. The molecule has 8 heavy (non-hydrogen) atoms. The van der Waals surface area contributed by atoms with Crippen molar-refractivity contribution in [1.82, 2.24) is 5.06 Å². The van der Waals surface area contributed by atoms with Crippen molar-refractivity contribution in [3.63, 3.8) is 0 Å². The van der Waals surface area contributed by atoms with E-state index in [1.165, 1.54) is 0 Å². The maximum atomic E-state index is 10.4. The van der Waals surface area contributed by atoms with Crippen LogP contribution in [0.1, 0.15) is 20.3 Å². The Labute approximate surface area is 50.1 Å². The minimum absolute atomic E-state index is 0.361. The Hall–Kier alpha value is -0.0800. The Balaban J connectivity index is 2.18. The van der Waals surface area contributed by atoms with E-state index in [1.807, 2.05) is 0 Å². The molecule has 0 N–H and O–H groups in total. The molecule has 2 nitrogen and oxygen atoms in total. The molecule has 0 aromatic rings. The van der Waals surface area contributed by atoms with E-state index in [2.05, 4.69) is 13.8 Å². The van der Waals surface area contributed by atoms with E-state index in [0.717, 1.165) is 18.0 Å². The molecule has 1 heterocycles. The fourth-order valence-corrected chi connectivity index (χ4v) is 0.873. The molecule has 0 aromatic heterocycles. The summed E-state index contributed by atoms with van der Waals surface area (Å²) in [4.78, 5) is 0. The third-order valence-corrected chi connectivity index (χ3v) is 1.90. The lowest BCUT2D eigenvalue weighted by atomic mass is 10.1. The van der Waals surface area contributed by atoms with E-state index in [-0.39, 0.29) is 0 Å². The molecule has 1 aliphatic heterocycles. The summed E-state index contributed by atoms with van der Waals surface area (Å²) >= 11 is 0. The summed E-state index contributed by atoms with van der Waals surface area (Å²) < 4.78 is 0. The van der Waals surface area contributed by atoms with Crippen LogP contribution in [-0.2, 0) is 0 Å². The molecule has 2 heteroatoms. The zero-order chi connectivity index (χ0) is 6.15. The van der Waals surface area contributed by atoms with Crippen molar-refractivity contribution in [1.29, 1.82) is 0 Å². The number of hydrogen-bond donors (Lipinski definition) is 0. The molecule has 3 unspecified atom stereocenters. The topological polar surface area (TPSA) is 26.1 Å². The maximum absolute atomic E-state index is 10.4. The molecule has 0 aliphatic carbocycles. The van der Waals surface area contributed by atoms with E-state index in [1.54, 1.807) is 0 Å². The van der Waals surface area contributed by atoms with Gasteiger partial charge in [-0.15, -0.1) is 0 Å². The van der Waals surface area contributed by atoms with E-state index < -0.39 is 0 Å². The Morgan fingerprint density at radius 3 is 2.50 bits per heavy atom. The molecule has 3 atom stereocenters. The first-order valence-electron chi connectivity index (χ1n) is 3.19. The first kappa shape index (κ1) is 6.05. The molecule has 1 fully saturated rings. The van der Waals surface area contributed by atoms with Crippen LogP contribution in [0.2, 0.25) is 0 Å². The van der Waals surface area contributed by atoms with Gasteiger partial charge in [-0.05, 0) is 5.92 Å². The smallest absolute Gasteiger partial charge is 0.0121 e. The van der Waals surface area contributed by atoms with Gasteiger partial charge in [0.2, 0.25) is 0 Å². The third kappa shape index (κ3) is 1.01. The highest BCUT2D eigenvalue weighted by atomic mass is 16.5. The van der Waals surface area contributed by atoms with Crippen LogP contribution in [0.4, 0.5) is 0 Å². The number of rotatable bonds is 2. The van der Waals surface area contributed by atoms with Gasteiger partial charge in [-0.2, -0.15) is 0 Å². The van der Waals surface area contributed by atoms with Gasteiger partial charge in [0.05, 0.1) is 0 Å². The highest BCUT2D eigenvalue weighted by Crippen LogP contribution is 2.25. The van der Waals surface area contributed by atoms with Gasteiger partial charge in [0.15, 0.2) is 0 Å². The summed E-state index contributed by atoms with van der Waals surface area (Å²) in [6, 6.07) is 0.361. The van der Waals surface area contributed by atoms with Crippen molar-refractivity contribution in [2.24, 2.45) is 5.92 Å². The van der Waals surface area contributed by atoms with Crippen LogP contribution in [0.15, 0.2) is 0 Å². The quantitative estimate of drug-likeness (QED) is 0.504. The van der Waals surface area contributed by atoms with Crippen LogP contribution < -0.4 is 0 Å². The molecule has 1 rings (SSSR count). The van der Waals surface area contributed by atoms with Crippen LogP contribution in [0, 0.1) is 11.1 Å². The second-order valence-electron chi connectivity index (χ2n) is 2.55. The van der Waals surface area contributed by atoms with Gasteiger partial charge < -0.3 is 10.3 Å². The number of hydrogen-bond acceptors (Lipinski definition) is 2. The molecule has 0 amide bonds. The standard InChI is InChI=1S/C6H12NO/c1-3-5(2)6-4-7(6)8/h5-6H,3-4H2,1-2H3/q-1. The SMILES string of the molecule is CCC(C)C1CN1[O-]. The molecule has 0 spiro atoms. The molecular weight excluding hydrogens is 102 g/mol. The molecule has 0 bridgehead atoms. The number of nitrogens with zero attached hydrogens (tertiary/aromatic N) is 1. The van der Waals surface area contributed by atoms with E-state index in [4.69, 9.17) is 0 Å². The predicted molar refractivity (Wildman–Crippen MR) is 33.3 cm³/mol. The van der Waals surface area contributed by atoms with Crippen LogP contribution in [-0.4, -0.2) is 17.6 Å². The van der Waals surface area contributed by atoms with E-state index >= 15 is 0 Å². The molecule has 1 saturated heterocycles. The Kier molecular flexibility index (Phi) is 1.54. The van der Waals surface area contributed by atoms with Gasteiger partial charge in [-0.3, -0.25) is 0 Å². The summed E-state index contributed by atoms with van der Waals surface area (Å²) in [7, 11) is 0. The average molecular weight is 114 g/mol. The minimum atomic E-state index is 0.361. The normalized spacial score (nSPS) is 39.4. The minimum Gasteiger partial charge on any atom is -0.785 e. The number of hydroxylamine groups is 2. The van der Waals surface area contributed by atoms with Gasteiger partial charge in [0.25, 0.3) is 0 Å². The van der Waals surface area contributed by atoms with Crippen LogP contribution >= 0.6 is 0 Å². The second-order valence-corrected chi connectivity index (χ2v) is 2.55. The van der Waals surface area contributed by atoms with Crippen molar-refractivity contribution in [2.75, 3.05) is 6.54 Å². The summed E-state index contributed by atoms with van der Waals surface area (Å²) in [6.45, 7) is 5.02. The Morgan fingerprint density at radius 2 is 2.38 bits per heavy atom. The van der Waals surface area contributed by atoms with Crippen molar-refractivity contribution in [3.05, 3.63) is 5.21 Å². The largest absolute Gasteiger partial charge is 0.785 e. The van der Waals surface area contributed by atoms with Gasteiger partial charge in [-0.1, -0.05) is 20.3 Å². The maximum Gasteiger partial charge on any atom is 0.0121 e. The molecule has 0 radical (unpaired) electrons. The van der Waals surface area contributed by atoms with Gasteiger partial charge >= 0.3 is 0 Å². The fourth-order valence-electron chi connectivity index (χ4n) is 0.873. The third-order valence-electron chi connectivity index (χ3n) is 1.90. The summed E-state index contributed by atoms with van der Waals surface area (Å²) in [5.41, 5.74) is 0. The summed E-state index contributed by atoms with van der Waals surface area (Å²) in [5, 5.41) is 11.6. The summed E-state index contributed by atoms with van der Waals surface area (Å²) in [6.07, 6.45) is 1.13. The predicted octanol–water partition coefficient (Wildman–Crippen LogP) is 1.21. The molecule has 0 saturated carbocycles. The van der Waals surface area contributed by atoms with Crippen LogP contribution in [0.3, 0.4) is 0 Å². The lowest BCUT2D eigenvalue weighted by Gasteiger charge is -2.10. The second kappa shape index (κ2) is 2.03. The van der Waals surface area contributed by atoms with Crippen LogP contribution in [0.25, 0.3) is 0 Å². The van der Waals surface area contributed by atoms with Crippen molar-refractivity contribution in [2.45, 2.75) is 26.3 Å².